The minimum Gasteiger partial charge on any atom is -0.481 e. The lowest BCUT2D eigenvalue weighted by Gasteiger charge is -2.18. The van der Waals surface area contributed by atoms with Crippen LogP contribution in [0.1, 0.15) is 12.8 Å². The summed E-state index contributed by atoms with van der Waals surface area (Å²) in [5.74, 6) is -1.81. The molecule has 2 saturated heterocycles. The molecule has 0 aromatic heterocycles. The molecule has 2 heterocycles. The number of rotatable bonds is 3. The monoisotopic (exact) mass is 229 g/mol. The summed E-state index contributed by atoms with van der Waals surface area (Å²) in [6.45, 7) is 1.02. The van der Waals surface area contributed by atoms with E-state index in [1.807, 2.05) is 0 Å². The molecule has 0 spiro atoms. The Hall–Kier alpha value is -1.14. The molecule has 16 heavy (non-hydrogen) atoms. The minimum atomic E-state index is -0.935. The average molecular weight is 229 g/mol. The highest BCUT2D eigenvalue weighted by atomic mass is 16.5. The average Bonchev–Trinajstić information content (AvgIpc) is 2.86. The van der Waals surface area contributed by atoms with Gasteiger partial charge in [0.05, 0.1) is 19.3 Å². The lowest BCUT2D eigenvalue weighted by molar-refractivity contribution is -0.142. The van der Waals surface area contributed by atoms with Crippen LogP contribution < -0.4 is 5.32 Å². The van der Waals surface area contributed by atoms with Crippen LogP contribution in [-0.4, -0.2) is 48.9 Å². The second-order valence-electron chi connectivity index (χ2n) is 4.10. The second kappa shape index (κ2) is 4.80. The largest absolute Gasteiger partial charge is 0.481 e. The number of carbonyl (C=O) groups is 2. The van der Waals surface area contributed by atoms with Crippen molar-refractivity contribution in [3.8, 4) is 0 Å². The van der Waals surface area contributed by atoms with Crippen molar-refractivity contribution in [1.82, 2.24) is 5.32 Å². The Morgan fingerprint density at radius 2 is 2.12 bits per heavy atom. The van der Waals surface area contributed by atoms with Gasteiger partial charge in [0.15, 0.2) is 0 Å². The van der Waals surface area contributed by atoms with Gasteiger partial charge in [-0.1, -0.05) is 0 Å². The normalized spacial score (nSPS) is 33.9. The number of nitrogens with one attached hydrogen (secondary N) is 1. The van der Waals surface area contributed by atoms with E-state index in [-0.39, 0.29) is 19.1 Å². The molecule has 0 saturated carbocycles. The summed E-state index contributed by atoms with van der Waals surface area (Å²) >= 11 is 0. The van der Waals surface area contributed by atoms with Crippen molar-refractivity contribution in [2.24, 2.45) is 5.92 Å². The van der Waals surface area contributed by atoms with Crippen molar-refractivity contribution in [2.45, 2.75) is 25.0 Å². The number of hydrogen-bond donors (Lipinski definition) is 2. The standard InChI is InChI=1S/C10H15NO5/c12-9(8-2-1-3-16-8)11-7-5-15-4-6(7)10(13)14/h6-8H,1-5H2,(H,11,12)(H,13,14)/t6?,7?,8-/m0/s1. The molecule has 2 fully saturated rings. The second-order valence-corrected chi connectivity index (χ2v) is 4.10. The fraction of sp³-hybridized carbons (Fsp3) is 0.800. The van der Waals surface area contributed by atoms with Crippen molar-refractivity contribution < 1.29 is 24.2 Å². The van der Waals surface area contributed by atoms with Crippen LogP contribution in [0, 0.1) is 5.92 Å². The first-order valence-corrected chi connectivity index (χ1v) is 5.41. The van der Waals surface area contributed by atoms with Crippen LogP contribution in [0.15, 0.2) is 0 Å². The maximum absolute atomic E-state index is 11.7. The Morgan fingerprint density at radius 3 is 2.75 bits per heavy atom. The molecular formula is C10H15NO5. The van der Waals surface area contributed by atoms with Crippen molar-refractivity contribution in [3.63, 3.8) is 0 Å². The molecule has 2 aliphatic heterocycles. The van der Waals surface area contributed by atoms with Gasteiger partial charge in [-0.25, -0.2) is 0 Å². The van der Waals surface area contributed by atoms with Gasteiger partial charge in [0.2, 0.25) is 5.91 Å². The van der Waals surface area contributed by atoms with Crippen LogP contribution in [-0.2, 0) is 19.1 Å². The van der Waals surface area contributed by atoms with Crippen LogP contribution in [0.25, 0.3) is 0 Å². The van der Waals surface area contributed by atoms with Gasteiger partial charge < -0.3 is 19.9 Å². The number of ether oxygens (including phenoxy) is 2. The summed E-state index contributed by atoms with van der Waals surface area (Å²) < 4.78 is 10.3. The third-order valence-electron chi connectivity index (χ3n) is 2.95. The summed E-state index contributed by atoms with van der Waals surface area (Å²) in [5, 5.41) is 11.6. The van der Waals surface area contributed by atoms with Gasteiger partial charge in [0.1, 0.15) is 12.0 Å². The Kier molecular flexibility index (Phi) is 3.40. The zero-order valence-corrected chi connectivity index (χ0v) is 8.85. The molecule has 1 amide bonds. The van der Waals surface area contributed by atoms with Gasteiger partial charge in [-0.3, -0.25) is 9.59 Å². The van der Waals surface area contributed by atoms with Gasteiger partial charge >= 0.3 is 5.97 Å². The maximum Gasteiger partial charge on any atom is 0.311 e. The molecule has 0 aliphatic carbocycles. The lowest BCUT2D eigenvalue weighted by atomic mass is 10.0. The first-order chi connectivity index (χ1) is 7.68. The zero-order valence-electron chi connectivity index (χ0n) is 8.85. The predicted molar refractivity (Wildman–Crippen MR) is 52.8 cm³/mol. The van der Waals surface area contributed by atoms with Crippen LogP contribution in [0.4, 0.5) is 0 Å². The molecule has 2 aliphatic rings. The van der Waals surface area contributed by atoms with Crippen LogP contribution in [0.2, 0.25) is 0 Å². The van der Waals surface area contributed by atoms with Gasteiger partial charge in [-0.2, -0.15) is 0 Å². The van der Waals surface area contributed by atoms with E-state index in [1.54, 1.807) is 0 Å². The van der Waals surface area contributed by atoms with Crippen molar-refractivity contribution in [3.05, 3.63) is 0 Å². The summed E-state index contributed by atoms with van der Waals surface area (Å²) in [4.78, 5) is 22.5. The van der Waals surface area contributed by atoms with E-state index in [1.165, 1.54) is 0 Å². The summed E-state index contributed by atoms with van der Waals surface area (Å²) in [5.41, 5.74) is 0. The van der Waals surface area contributed by atoms with E-state index in [2.05, 4.69) is 5.32 Å². The number of hydrogen-bond acceptors (Lipinski definition) is 4. The van der Waals surface area contributed by atoms with Crippen molar-refractivity contribution >= 4 is 11.9 Å². The molecule has 6 heteroatoms. The molecule has 0 aromatic carbocycles. The fourth-order valence-electron chi connectivity index (χ4n) is 2.00. The number of carbonyl (C=O) groups excluding carboxylic acids is 1. The first kappa shape index (κ1) is 11.3. The number of carboxylic acids is 1. The van der Waals surface area contributed by atoms with E-state index >= 15 is 0 Å². The summed E-state index contributed by atoms with van der Waals surface area (Å²) in [6, 6.07) is -0.436. The van der Waals surface area contributed by atoms with Crippen molar-refractivity contribution in [2.75, 3.05) is 19.8 Å². The topological polar surface area (TPSA) is 84.9 Å². The van der Waals surface area contributed by atoms with Gasteiger partial charge in [-0.05, 0) is 12.8 Å². The Morgan fingerprint density at radius 1 is 1.31 bits per heavy atom. The van der Waals surface area contributed by atoms with Gasteiger partial charge in [0, 0.05) is 6.61 Å². The molecule has 2 unspecified atom stereocenters. The molecule has 90 valence electrons. The molecule has 2 N–H and O–H groups in total. The van der Waals surface area contributed by atoms with Gasteiger partial charge in [0.25, 0.3) is 0 Å². The molecule has 2 rings (SSSR count). The van der Waals surface area contributed by atoms with E-state index in [9.17, 15) is 9.59 Å². The lowest BCUT2D eigenvalue weighted by Crippen LogP contribution is -2.46. The Labute approximate surface area is 92.9 Å². The van der Waals surface area contributed by atoms with Crippen LogP contribution in [0.3, 0.4) is 0 Å². The Balaban J connectivity index is 1.88. The number of amides is 1. The zero-order chi connectivity index (χ0) is 11.5. The highest BCUT2D eigenvalue weighted by molar-refractivity contribution is 5.82. The van der Waals surface area contributed by atoms with Crippen LogP contribution in [0.5, 0.6) is 0 Å². The highest BCUT2D eigenvalue weighted by Gasteiger charge is 2.36. The quantitative estimate of drug-likeness (QED) is 0.673. The molecule has 3 atom stereocenters. The highest BCUT2D eigenvalue weighted by Crippen LogP contribution is 2.16. The number of carboxylic acid groups (broad SMARTS) is 1. The van der Waals surface area contributed by atoms with Crippen LogP contribution >= 0.6 is 0 Å². The third kappa shape index (κ3) is 2.33. The first-order valence-electron chi connectivity index (χ1n) is 5.41. The molecule has 0 bridgehead atoms. The minimum absolute atomic E-state index is 0.159. The number of aliphatic carboxylic acids is 1. The van der Waals surface area contributed by atoms with E-state index in [0.29, 0.717) is 13.0 Å². The van der Waals surface area contributed by atoms with E-state index < -0.39 is 24.0 Å². The maximum atomic E-state index is 11.7. The van der Waals surface area contributed by atoms with Gasteiger partial charge in [-0.15, -0.1) is 0 Å². The van der Waals surface area contributed by atoms with Crippen molar-refractivity contribution in [1.29, 1.82) is 0 Å². The predicted octanol–water partition coefficient (Wildman–Crippen LogP) is -0.619. The van der Waals surface area contributed by atoms with E-state index in [4.69, 9.17) is 14.6 Å². The SMILES string of the molecule is O=C(O)C1COCC1NC(=O)[C@@H]1CCCO1. The Bertz CT molecular complexity index is 287. The third-order valence-corrected chi connectivity index (χ3v) is 2.95. The molecule has 0 aromatic rings. The molecule has 6 nitrogen and oxygen atoms in total. The fourth-order valence-corrected chi connectivity index (χ4v) is 2.00. The smallest absolute Gasteiger partial charge is 0.311 e. The molecular weight excluding hydrogens is 214 g/mol. The van der Waals surface area contributed by atoms with E-state index in [0.717, 1.165) is 6.42 Å². The summed E-state index contributed by atoms with van der Waals surface area (Å²) in [7, 11) is 0. The molecule has 0 radical (unpaired) electrons. The summed E-state index contributed by atoms with van der Waals surface area (Å²) in [6.07, 6.45) is 1.16.